The molecule has 10 aromatic rings. The van der Waals surface area contributed by atoms with Crippen molar-refractivity contribution < 1.29 is 4.42 Å². The summed E-state index contributed by atoms with van der Waals surface area (Å²) in [4.78, 5) is 2.41. The van der Waals surface area contributed by atoms with Gasteiger partial charge in [-0.25, -0.2) is 0 Å². The molecule has 0 unspecified atom stereocenters. The topological polar surface area (TPSA) is 21.3 Å². The van der Waals surface area contributed by atoms with Gasteiger partial charge < -0.3 is 13.9 Å². The first kappa shape index (κ1) is 27.5. The van der Waals surface area contributed by atoms with Crippen molar-refractivity contribution >= 4 is 71.6 Å². The number of furan rings is 1. The Morgan fingerprint density at radius 2 is 1.08 bits per heavy atom. The number of hydrogen-bond donors (Lipinski definition) is 0. The van der Waals surface area contributed by atoms with Crippen molar-refractivity contribution in [3.05, 3.63) is 182 Å². The second-order valence-electron chi connectivity index (χ2n) is 12.5. The number of nitrogens with zero attached hydrogens (tertiary/aromatic N) is 2. The van der Waals surface area contributed by atoms with E-state index in [2.05, 4.69) is 185 Å². The van der Waals surface area contributed by atoms with Crippen molar-refractivity contribution in [2.45, 2.75) is 0 Å². The molecule has 0 aliphatic heterocycles. The maximum Gasteiger partial charge on any atom is 0.159 e. The van der Waals surface area contributed by atoms with Crippen LogP contribution in [0.5, 0.6) is 0 Å². The molecule has 0 radical (unpaired) electrons. The van der Waals surface area contributed by atoms with Crippen molar-refractivity contribution in [3.8, 4) is 16.8 Å². The number of hydrogen-bond acceptors (Lipinski definition) is 2. The van der Waals surface area contributed by atoms with E-state index in [0.717, 1.165) is 61.3 Å². The third kappa shape index (κ3) is 4.29. The molecule has 0 saturated heterocycles. The van der Waals surface area contributed by atoms with Gasteiger partial charge in [-0.2, -0.15) is 0 Å². The summed E-state index contributed by atoms with van der Waals surface area (Å²) in [6.07, 6.45) is 0. The SMILES string of the molecule is c1ccc(-c2ccccc2N(c2cccc3c2oc2ccccc23)c2cccc3c2c2ccccc2n3-c2ccc3ccccc3c2)cc1. The van der Waals surface area contributed by atoms with Crippen LogP contribution in [0.3, 0.4) is 0 Å². The highest BCUT2D eigenvalue weighted by molar-refractivity contribution is 6.19. The highest BCUT2D eigenvalue weighted by atomic mass is 16.3. The zero-order valence-corrected chi connectivity index (χ0v) is 26.6. The Bertz CT molecular complexity index is 2840. The van der Waals surface area contributed by atoms with Gasteiger partial charge in [-0.3, -0.25) is 0 Å². The first-order valence-electron chi connectivity index (χ1n) is 16.7. The summed E-state index contributed by atoms with van der Waals surface area (Å²) in [7, 11) is 0. The fraction of sp³-hybridized carbons (Fsp3) is 0. The average molecular weight is 627 g/mol. The van der Waals surface area contributed by atoms with Crippen LogP contribution in [0.1, 0.15) is 0 Å². The summed E-state index contributed by atoms with van der Waals surface area (Å²) >= 11 is 0. The monoisotopic (exact) mass is 626 g/mol. The molecule has 0 aliphatic carbocycles. The molecule has 0 atom stereocenters. The van der Waals surface area contributed by atoms with Crippen LogP contribution in [-0.4, -0.2) is 4.57 Å². The summed E-state index contributed by atoms with van der Waals surface area (Å²) in [5.41, 5.74) is 10.7. The molecule has 3 nitrogen and oxygen atoms in total. The van der Waals surface area contributed by atoms with Crippen LogP contribution in [0.4, 0.5) is 17.1 Å². The molecule has 10 rings (SSSR count). The lowest BCUT2D eigenvalue weighted by atomic mass is 10.0. The summed E-state index contributed by atoms with van der Waals surface area (Å²) < 4.78 is 9.13. The minimum absolute atomic E-state index is 0.863. The molecule has 8 aromatic carbocycles. The predicted octanol–water partition coefficient (Wildman–Crippen LogP) is 13.0. The molecule has 49 heavy (non-hydrogen) atoms. The summed E-state index contributed by atoms with van der Waals surface area (Å²) in [6, 6.07) is 64.9. The smallest absolute Gasteiger partial charge is 0.159 e. The van der Waals surface area contributed by atoms with Crippen molar-refractivity contribution in [2.75, 3.05) is 4.90 Å². The first-order chi connectivity index (χ1) is 24.3. The first-order valence-corrected chi connectivity index (χ1v) is 16.7. The maximum absolute atomic E-state index is 6.72. The second kappa shape index (κ2) is 11.0. The van der Waals surface area contributed by atoms with Gasteiger partial charge in [-0.15, -0.1) is 0 Å². The Morgan fingerprint density at radius 3 is 2.00 bits per heavy atom. The highest BCUT2D eigenvalue weighted by Gasteiger charge is 2.25. The molecule has 0 amide bonds. The third-order valence-corrected chi connectivity index (χ3v) is 9.76. The minimum Gasteiger partial charge on any atom is -0.454 e. The lowest BCUT2D eigenvalue weighted by Crippen LogP contribution is -2.12. The summed E-state index contributed by atoms with van der Waals surface area (Å²) in [5.74, 6) is 0. The largest absolute Gasteiger partial charge is 0.454 e. The van der Waals surface area contributed by atoms with Gasteiger partial charge >= 0.3 is 0 Å². The van der Waals surface area contributed by atoms with Crippen LogP contribution in [0.15, 0.2) is 186 Å². The molecule has 0 spiro atoms. The fourth-order valence-corrected chi connectivity index (χ4v) is 7.61. The standard InChI is InChI=1S/C46H30N2O/c1-2-15-32(16-3-1)35-18-6-9-22-39(35)48(43-26-12-21-37-36-19-8-11-27-44(36)49-46(37)43)42-25-13-24-41-45(42)38-20-7-10-23-40(38)47(41)34-29-28-31-14-4-5-17-33(31)30-34/h1-30H. The van der Waals surface area contributed by atoms with Gasteiger partial charge in [-0.1, -0.05) is 133 Å². The van der Waals surface area contributed by atoms with Crippen LogP contribution in [0.25, 0.3) is 71.3 Å². The minimum atomic E-state index is 0.863. The number of anilines is 3. The lowest BCUT2D eigenvalue weighted by molar-refractivity contribution is 0.669. The van der Waals surface area contributed by atoms with E-state index >= 15 is 0 Å². The van der Waals surface area contributed by atoms with E-state index < -0.39 is 0 Å². The quantitative estimate of drug-likeness (QED) is 0.190. The molecule has 0 N–H and O–H groups in total. The number of rotatable bonds is 5. The van der Waals surface area contributed by atoms with E-state index in [9.17, 15) is 0 Å². The molecule has 3 heteroatoms. The van der Waals surface area contributed by atoms with Crippen molar-refractivity contribution in [2.24, 2.45) is 0 Å². The summed E-state index contributed by atoms with van der Waals surface area (Å²) in [6.45, 7) is 0. The van der Waals surface area contributed by atoms with Gasteiger partial charge in [0.15, 0.2) is 5.58 Å². The van der Waals surface area contributed by atoms with Gasteiger partial charge in [0.25, 0.3) is 0 Å². The Morgan fingerprint density at radius 1 is 0.429 bits per heavy atom. The Labute approximate surface area is 283 Å². The lowest BCUT2D eigenvalue weighted by Gasteiger charge is -2.28. The number of aromatic nitrogens is 1. The number of benzene rings is 8. The predicted molar refractivity (Wildman–Crippen MR) is 206 cm³/mol. The molecule has 0 saturated carbocycles. The van der Waals surface area contributed by atoms with Crippen LogP contribution in [0.2, 0.25) is 0 Å². The zero-order valence-electron chi connectivity index (χ0n) is 26.6. The average Bonchev–Trinajstić information content (AvgIpc) is 3.72. The van der Waals surface area contributed by atoms with E-state index in [0.29, 0.717) is 0 Å². The number of fused-ring (bicyclic) bond motifs is 7. The van der Waals surface area contributed by atoms with Crippen LogP contribution < -0.4 is 4.90 Å². The van der Waals surface area contributed by atoms with Crippen molar-refractivity contribution in [1.29, 1.82) is 0 Å². The molecule has 2 aromatic heterocycles. The second-order valence-corrected chi connectivity index (χ2v) is 12.5. The van der Waals surface area contributed by atoms with Gasteiger partial charge in [-0.05, 0) is 64.9 Å². The van der Waals surface area contributed by atoms with Gasteiger partial charge in [0.05, 0.1) is 28.1 Å². The van der Waals surface area contributed by atoms with Crippen LogP contribution in [-0.2, 0) is 0 Å². The third-order valence-electron chi connectivity index (χ3n) is 9.76. The Hall–Kier alpha value is -6.58. The Kier molecular flexibility index (Phi) is 6.18. The van der Waals surface area contributed by atoms with E-state index in [1.54, 1.807) is 0 Å². The molecular weight excluding hydrogens is 597 g/mol. The molecule has 0 fully saturated rings. The van der Waals surface area contributed by atoms with Gasteiger partial charge in [0.2, 0.25) is 0 Å². The molecule has 230 valence electrons. The van der Waals surface area contributed by atoms with E-state index in [-0.39, 0.29) is 0 Å². The molecule has 0 aliphatic rings. The highest BCUT2D eigenvalue weighted by Crippen LogP contribution is 2.49. The zero-order chi connectivity index (χ0) is 32.3. The summed E-state index contributed by atoms with van der Waals surface area (Å²) in [5, 5.41) is 7.04. The molecule has 2 heterocycles. The van der Waals surface area contributed by atoms with Crippen LogP contribution in [0, 0.1) is 0 Å². The number of para-hydroxylation sites is 4. The molecule has 0 bridgehead atoms. The van der Waals surface area contributed by atoms with Gasteiger partial charge in [0.1, 0.15) is 5.58 Å². The van der Waals surface area contributed by atoms with E-state index in [4.69, 9.17) is 4.42 Å². The van der Waals surface area contributed by atoms with Crippen LogP contribution >= 0.6 is 0 Å². The Balaban J connectivity index is 1.32. The maximum atomic E-state index is 6.72. The normalized spacial score (nSPS) is 11.7. The van der Waals surface area contributed by atoms with Crippen molar-refractivity contribution in [1.82, 2.24) is 4.57 Å². The van der Waals surface area contributed by atoms with E-state index in [1.807, 2.05) is 6.07 Å². The van der Waals surface area contributed by atoms with Crippen molar-refractivity contribution in [3.63, 3.8) is 0 Å². The van der Waals surface area contributed by atoms with Gasteiger partial charge in [0, 0.05) is 32.8 Å². The van der Waals surface area contributed by atoms with E-state index in [1.165, 1.54) is 27.1 Å². The fourth-order valence-electron chi connectivity index (χ4n) is 7.61. The molecular formula is C46H30N2O.